The van der Waals surface area contributed by atoms with Gasteiger partial charge in [-0.15, -0.1) is 0 Å². The molecule has 0 unspecified atom stereocenters. The summed E-state index contributed by atoms with van der Waals surface area (Å²) < 4.78 is 0. The summed E-state index contributed by atoms with van der Waals surface area (Å²) in [6.07, 6.45) is 3.00. The van der Waals surface area contributed by atoms with Crippen LogP contribution in [-0.2, 0) is 9.59 Å². The van der Waals surface area contributed by atoms with Crippen molar-refractivity contribution in [2.24, 2.45) is 11.8 Å². The van der Waals surface area contributed by atoms with Gasteiger partial charge in [-0.1, -0.05) is 54.3 Å². The van der Waals surface area contributed by atoms with E-state index < -0.39 is 36.1 Å². The van der Waals surface area contributed by atoms with Crippen molar-refractivity contribution >= 4 is 35.1 Å². The molecule has 2 aliphatic rings. The highest BCUT2D eigenvalue weighted by molar-refractivity contribution is 6.30. The molecule has 1 heterocycles. The first kappa shape index (κ1) is 21.2. The highest BCUT2D eigenvalue weighted by Gasteiger charge is 2.51. The number of hydrogen-bond acceptors (Lipinski definition) is 4. The zero-order valence-electron chi connectivity index (χ0n) is 17.2. The van der Waals surface area contributed by atoms with E-state index in [1.165, 1.54) is 12.1 Å². The van der Waals surface area contributed by atoms with Crippen molar-refractivity contribution in [1.29, 1.82) is 0 Å². The van der Waals surface area contributed by atoms with Crippen LogP contribution in [0.5, 0.6) is 0 Å². The van der Waals surface area contributed by atoms with Gasteiger partial charge in [-0.25, -0.2) is 5.01 Å². The third kappa shape index (κ3) is 4.12. The molecule has 7 heteroatoms. The summed E-state index contributed by atoms with van der Waals surface area (Å²) in [6, 6.07) is 13.1. The number of carbonyl (C=O) groups is 4. The second kappa shape index (κ2) is 8.63. The van der Waals surface area contributed by atoms with Crippen molar-refractivity contribution in [1.82, 2.24) is 10.0 Å². The number of carbonyl (C=O) groups excluding carboxylic acids is 4. The molecule has 2 fully saturated rings. The minimum absolute atomic E-state index is 0.247. The Morgan fingerprint density at radius 2 is 1.42 bits per heavy atom. The van der Waals surface area contributed by atoms with E-state index >= 15 is 0 Å². The Kier molecular flexibility index (Phi) is 5.92. The van der Waals surface area contributed by atoms with Gasteiger partial charge in [-0.3, -0.25) is 19.2 Å². The molecule has 1 saturated heterocycles. The Morgan fingerprint density at radius 1 is 0.903 bits per heavy atom. The molecule has 1 aliphatic carbocycles. The lowest BCUT2D eigenvalue weighted by molar-refractivity contribution is -0.154. The average molecular weight is 439 g/mol. The molecular formula is C24H23ClN2O4. The Hall–Kier alpha value is -2.99. The molecule has 1 aliphatic heterocycles. The van der Waals surface area contributed by atoms with Crippen molar-refractivity contribution in [2.75, 3.05) is 6.54 Å². The van der Waals surface area contributed by atoms with Gasteiger partial charge in [0.2, 0.25) is 0 Å². The maximum Gasteiger partial charge on any atom is 0.273 e. The maximum absolute atomic E-state index is 13.3. The Balaban J connectivity index is 1.68. The molecule has 2 aromatic carbocycles. The van der Waals surface area contributed by atoms with E-state index in [0.717, 1.165) is 28.4 Å². The van der Waals surface area contributed by atoms with Crippen molar-refractivity contribution in [3.8, 4) is 0 Å². The lowest BCUT2D eigenvalue weighted by Gasteiger charge is -2.30. The summed E-state index contributed by atoms with van der Waals surface area (Å²) in [5, 5.41) is 2.39. The summed E-state index contributed by atoms with van der Waals surface area (Å²) in [5.41, 5.74) is 1.66. The molecule has 0 N–H and O–H groups in total. The number of rotatable bonds is 5. The smallest absolute Gasteiger partial charge is 0.273 e. The third-order valence-electron chi connectivity index (χ3n) is 6.05. The van der Waals surface area contributed by atoms with Crippen LogP contribution in [0.2, 0.25) is 5.02 Å². The van der Waals surface area contributed by atoms with Gasteiger partial charge in [0.15, 0.2) is 5.78 Å². The number of halogens is 1. The summed E-state index contributed by atoms with van der Waals surface area (Å²) >= 11 is 5.93. The third-order valence-corrected chi connectivity index (χ3v) is 6.30. The number of hydrazine groups is 1. The monoisotopic (exact) mass is 438 g/mol. The van der Waals surface area contributed by atoms with E-state index in [-0.39, 0.29) is 11.3 Å². The molecule has 1 saturated carbocycles. The van der Waals surface area contributed by atoms with Crippen LogP contribution in [0.4, 0.5) is 0 Å². The van der Waals surface area contributed by atoms with Gasteiger partial charge >= 0.3 is 0 Å². The molecule has 31 heavy (non-hydrogen) atoms. The van der Waals surface area contributed by atoms with E-state index in [2.05, 4.69) is 0 Å². The van der Waals surface area contributed by atoms with E-state index in [1.54, 1.807) is 36.4 Å². The lowest BCUT2D eigenvalue weighted by Crippen LogP contribution is -2.52. The number of imide groups is 1. The maximum atomic E-state index is 13.3. The summed E-state index contributed by atoms with van der Waals surface area (Å²) in [5.74, 6) is -2.56. The van der Waals surface area contributed by atoms with E-state index in [0.29, 0.717) is 23.4 Å². The van der Waals surface area contributed by atoms with E-state index in [1.807, 2.05) is 6.92 Å². The molecule has 2 aromatic rings. The second-order valence-electron chi connectivity index (χ2n) is 8.14. The van der Waals surface area contributed by atoms with Crippen LogP contribution in [-0.4, -0.2) is 40.1 Å². The van der Waals surface area contributed by atoms with Gasteiger partial charge in [-0.2, -0.15) is 5.01 Å². The predicted octanol–water partition coefficient (Wildman–Crippen LogP) is 4.06. The fourth-order valence-electron chi connectivity index (χ4n) is 4.32. The first-order valence-electron chi connectivity index (χ1n) is 10.4. The van der Waals surface area contributed by atoms with E-state index in [4.69, 9.17) is 11.6 Å². The Morgan fingerprint density at radius 3 is 1.97 bits per heavy atom. The number of Topliss-reactive ketones (excluding diaryl/α,β-unsaturated/α-hetero) is 1. The first-order valence-corrected chi connectivity index (χ1v) is 10.8. The molecule has 0 radical (unpaired) electrons. The molecule has 4 rings (SSSR count). The number of amides is 3. The number of nitrogens with zero attached hydrogens (tertiary/aromatic N) is 2. The Bertz CT molecular complexity index is 1010. The van der Waals surface area contributed by atoms with Gasteiger partial charge in [0.25, 0.3) is 17.7 Å². The zero-order valence-corrected chi connectivity index (χ0v) is 18.0. The fourth-order valence-corrected chi connectivity index (χ4v) is 4.45. The van der Waals surface area contributed by atoms with Crippen LogP contribution in [0.25, 0.3) is 0 Å². The SMILES string of the molecule is Cc1ccc(C(=O)CN(C(=O)c2ccc(Cl)cc2)N2C(=O)[C@H]3CCCC[C@H]3C2=O)cc1. The van der Waals surface area contributed by atoms with Gasteiger partial charge in [0.05, 0.1) is 11.8 Å². The highest BCUT2D eigenvalue weighted by atomic mass is 35.5. The standard InChI is InChI=1S/C24H23ClN2O4/c1-15-6-8-16(9-7-15)21(28)14-26(22(29)17-10-12-18(25)13-11-17)27-23(30)19-4-2-3-5-20(19)24(27)31/h6-13,19-20H,2-5,14H2,1H3/t19-,20+. The van der Waals surface area contributed by atoms with Gasteiger partial charge in [0, 0.05) is 16.1 Å². The number of ketones is 1. The van der Waals surface area contributed by atoms with Gasteiger partial charge in [0.1, 0.15) is 6.54 Å². The summed E-state index contributed by atoms with van der Waals surface area (Å²) in [4.78, 5) is 52.6. The molecule has 160 valence electrons. The van der Waals surface area contributed by atoms with Crippen LogP contribution in [0.1, 0.15) is 52.0 Å². The van der Waals surface area contributed by atoms with Crippen LogP contribution in [0, 0.1) is 18.8 Å². The normalized spacial score (nSPS) is 20.5. The van der Waals surface area contributed by atoms with Crippen LogP contribution in [0.3, 0.4) is 0 Å². The topological polar surface area (TPSA) is 74.8 Å². The Labute approximate surface area is 185 Å². The molecule has 3 amide bonds. The number of hydrogen-bond donors (Lipinski definition) is 0. The van der Waals surface area contributed by atoms with Gasteiger partial charge < -0.3 is 0 Å². The number of benzene rings is 2. The first-order chi connectivity index (χ1) is 14.9. The molecule has 6 nitrogen and oxygen atoms in total. The summed E-state index contributed by atoms with van der Waals surface area (Å²) in [6.45, 7) is 1.51. The zero-order chi connectivity index (χ0) is 22.1. The van der Waals surface area contributed by atoms with Crippen molar-refractivity contribution < 1.29 is 19.2 Å². The van der Waals surface area contributed by atoms with Crippen molar-refractivity contribution in [3.63, 3.8) is 0 Å². The minimum atomic E-state index is -0.586. The predicted molar refractivity (Wildman–Crippen MR) is 115 cm³/mol. The molecule has 0 bridgehead atoms. The van der Waals surface area contributed by atoms with Gasteiger partial charge in [-0.05, 0) is 44.0 Å². The molecule has 0 spiro atoms. The second-order valence-corrected chi connectivity index (χ2v) is 8.58. The molecule has 2 atom stereocenters. The van der Waals surface area contributed by atoms with E-state index in [9.17, 15) is 19.2 Å². The quantitative estimate of drug-likeness (QED) is 0.521. The molecule has 0 aromatic heterocycles. The number of fused-ring (bicyclic) bond motifs is 1. The van der Waals surface area contributed by atoms with Crippen molar-refractivity contribution in [3.05, 3.63) is 70.2 Å². The minimum Gasteiger partial charge on any atom is -0.292 e. The molecular weight excluding hydrogens is 416 g/mol. The largest absolute Gasteiger partial charge is 0.292 e. The fraction of sp³-hybridized carbons (Fsp3) is 0.333. The number of aryl methyl sites for hydroxylation is 1. The van der Waals surface area contributed by atoms with Crippen LogP contribution < -0.4 is 0 Å². The van der Waals surface area contributed by atoms with Crippen molar-refractivity contribution in [2.45, 2.75) is 32.6 Å². The average Bonchev–Trinajstić information content (AvgIpc) is 3.03. The van der Waals surface area contributed by atoms with Crippen LogP contribution in [0.15, 0.2) is 48.5 Å². The highest BCUT2D eigenvalue weighted by Crippen LogP contribution is 2.39. The van der Waals surface area contributed by atoms with Crippen LogP contribution >= 0.6 is 11.6 Å². The lowest BCUT2D eigenvalue weighted by atomic mass is 9.81. The summed E-state index contributed by atoms with van der Waals surface area (Å²) in [7, 11) is 0.